The summed E-state index contributed by atoms with van der Waals surface area (Å²) in [4.78, 5) is 34.6. The second-order valence-corrected chi connectivity index (χ2v) is 4.44. The molecule has 0 spiro atoms. The van der Waals surface area contributed by atoms with E-state index in [1.54, 1.807) is 20.8 Å². The molecule has 1 fully saturated rings. The molecule has 6 nitrogen and oxygen atoms in total. The standard InChI is InChI=1S/C9H14N2O4/c1-9(2,3)11-7(14)5(4-6(12)13)10-8(11)15/h5H,4H2,1-3H3,(H,10,15)(H,12,13). The molecule has 0 bridgehead atoms. The summed E-state index contributed by atoms with van der Waals surface area (Å²) in [5, 5.41) is 10.9. The van der Waals surface area contributed by atoms with Crippen LogP contribution in [0.25, 0.3) is 0 Å². The zero-order valence-corrected chi connectivity index (χ0v) is 8.90. The highest BCUT2D eigenvalue weighted by Gasteiger charge is 2.44. The fourth-order valence-corrected chi connectivity index (χ4v) is 1.48. The average molecular weight is 214 g/mol. The topological polar surface area (TPSA) is 86.7 Å². The van der Waals surface area contributed by atoms with Crippen LogP contribution in [0.1, 0.15) is 27.2 Å². The van der Waals surface area contributed by atoms with Gasteiger partial charge in [-0.25, -0.2) is 4.79 Å². The number of rotatable bonds is 2. The van der Waals surface area contributed by atoms with E-state index in [9.17, 15) is 14.4 Å². The summed E-state index contributed by atoms with van der Waals surface area (Å²) in [5.41, 5.74) is -0.631. The molecule has 1 aliphatic heterocycles. The van der Waals surface area contributed by atoms with E-state index in [1.165, 1.54) is 0 Å². The van der Waals surface area contributed by atoms with Crippen LogP contribution in [-0.2, 0) is 9.59 Å². The summed E-state index contributed by atoms with van der Waals surface area (Å²) in [5.74, 6) is -1.58. The van der Waals surface area contributed by atoms with E-state index >= 15 is 0 Å². The van der Waals surface area contributed by atoms with E-state index in [0.29, 0.717) is 0 Å². The van der Waals surface area contributed by atoms with Gasteiger partial charge >= 0.3 is 12.0 Å². The first-order chi connectivity index (χ1) is 6.73. The summed E-state index contributed by atoms with van der Waals surface area (Å²) in [6.45, 7) is 5.15. The molecule has 84 valence electrons. The predicted molar refractivity (Wildman–Crippen MR) is 51.2 cm³/mol. The highest BCUT2D eigenvalue weighted by atomic mass is 16.4. The maximum atomic E-state index is 11.7. The van der Waals surface area contributed by atoms with E-state index in [0.717, 1.165) is 4.90 Å². The SMILES string of the molecule is CC(C)(C)N1C(=O)NC(CC(=O)O)C1=O. The van der Waals surface area contributed by atoms with Crippen molar-refractivity contribution >= 4 is 17.9 Å². The monoisotopic (exact) mass is 214 g/mol. The Morgan fingerprint density at radius 3 is 2.33 bits per heavy atom. The van der Waals surface area contributed by atoms with Gasteiger partial charge in [0.25, 0.3) is 5.91 Å². The Hall–Kier alpha value is -1.59. The van der Waals surface area contributed by atoms with Gasteiger partial charge in [-0.15, -0.1) is 0 Å². The molecule has 6 heteroatoms. The fourth-order valence-electron chi connectivity index (χ4n) is 1.48. The van der Waals surface area contributed by atoms with Crippen LogP contribution in [0.4, 0.5) is 4.79 Å². The minimum atomic E-state index is -1.11. The Morgan fingerprint density at radius 1 is 1.47 bits per heavy atom. The van der Waals surface area contributed by atoms with E-state index in [2.05, 4.69) is 5.32 Å². The first-order valence-corrected chi connectivity index (χ1v) is 4.60. The largest absolute Gasteiger partial charge is 0.481 e. The number of imide groups is 1. The lowest BCUT2D eigenvalue weighted by Crippen LogP contribution is -2.46. The van der Waals surface area contributed by atoms with Crippen molar-refractivity contribution in [2.45, 2.75) is 38.8 Å². The summed E-state index contributed by atoms with van der Waals surface area (Å²) in [6.07, 6.45) is -0.378. The van der Waals surface area contributed by atoms with Crippen molar-refractivity contribution < 1.29 is 19.5 Å². The number of nitrogens with zero attached hydrogens (tertiary/aromatic N) is 1. The van der Waals surface area contributed by atoms with Gasteiger partial charge in [-0.1, -0.05) is 0 Å². The third-order valence-corrected chi connectivity index (χ3v) is 2.07. The lowest BCUT2D eigenvalue weighted by Gasteiger charge is -2.28. The highest BCUT2D eigenvalue weighted by molar-refractivity contribution is 6.06. The molecule has 1 heterocycles. The molecule has 0 saturated carbocycles. The molecule has 1 unspecified atom stereocenters. The van der Waals surface area contributed by atoms with Crippen LogP contribution in [0, 0.1) is 0 Å². The Bertz CT molecular complexity index is 319. The molecule has 15 heavy (non-hydrogen) atoms. The van der Waals surface area contributed by atoms with Crippen molar-refractivity contribution in [2.24, 2.45) is 0 Å². The van der Waals surface area contributed by atoms with Gasteiger partial charge in [0.1, 0.15) is 6.04 Å². The van der Waals surface area contributed by atoms with Crippen LogP contribution in [0.2, 0.25) is 0 Å². The van der Waals surface area contributed by atoms with Crippen LogP contribution in [0.5, 0.6) is 0 Å². The molecule has 0 aromatic rings. The summed E-state index contributed by atoms with van der Waals surface area (Å²) < 4.78 is 0. The van der Waals surface area contributed by atoms with E-state index < -0.39 is 29.5 Å². The van der Waals surface area contributed by atoms with Gasteiger partial charge < -0.3 is 10.4 Å². The summed E-state index contributed by atoms with van der Waals surface area (Å²) in [6, 6.07) is -1.46. The molecule has 0 aliphatic carbocycles. The number of aliphatic carboxylic acids is 1. The molecule has 2 N–H and O–H groups in total. The van der Waals surface area contributed by atoms with Crippen LogP contribution in [0.15, 0.2) is 0 Å². The van der Waals surface area contributed by atoms with Crippen LogP contribution in [0.3, 0.4) is 0 Å². The van der Waals surface area contributed by atoms with E-state index in [-0.39, 0.29) is 6.42 Å². The number of amides is 3. The number of nitrogens with one attached hydrogen (secondary N) is 1. The van der Waals surface area contributed by atoms with Gasteiger partial charge in [0.05, 0.1) is 6.42 Å². The van der Waals surface area contributed by atoms with Crippen LogP contribution >= 0.6 is 0 Å². The fraction of sp³-hybridized carbons (Fsp3) is 0.667. The number of hydrogen-bond donors (Lipinski definition) is 2. The molecule has 0 aromatic heterocycles. The Kier molecular flexibility index (Phi) is 2.70. The van der Waals surface area contributed by atoms with Gasteiger partial charge in [0.2, 0.25) is 0 Å². The molecule has 1 rings (SSSR count). The molecule has 0 radical (unpaired) electrons. The quantitative estimate of drug-likeness (QED) is 0.642. The number of urea groups is 1. The van der Waals surface area contributed by atoms with Crippen molar-refractivity contribution in [1.29, 1.82) is 0 Å². The minimum absolute atomic E-state index is 0.378. The maximum absolute atomic E-state index is 11.7. The lowest BCUT2D eigenvalue weighted by molar-refractivity contribution is -0.141. The third kappa shape index (κ3) is 2.26. The number of carbonyl (C=O) groups is 3. The van der Waals surface area contributed by atoms with E-state index in [1.807, 2.05) is 0 Å². The van der Waals surface area contributed by atoms with Gasteiger partial charge in [0.15, 0.2) is 0 Å². The molecular formula is C9H14N2O4. The Morgan fingerprint density at radius 2 is 2.00 bits per heavy atom. The number of carboxylic acid groups (broad SMARTS) is 1. The number of carboxylic acids is 1. The van der Waals surface area contributed by atoms with Crippen LogP contribution in [-0.4, -0.2) is 39.5 Å². The second-order valence-electron chi connectivity index (χ2n) is 4.44. The van der Waals surface area contributed by atoms with Gasteiger partial charge in [0, 0.05) is 5.54 Å². The molecule has 1 atom stereocenters. The third-order valence-electron chi connectivity index (χ3n) is 2.07. The van der Waals surface area contributed by atoms with Crippen molar-refractivity contribution in [2.75, 3.05) is 0 Å². The molecule has 1 aliphatic rings. The smallest absolute Gasteiger partial charge is 0.325 e. The highest BCUT2D eigenvalue weighted by Crippen LogP contribution is 2.20. The normalized spacial score (nSPS) is 21.8. The first-order valence-electron chi connectivity index (χ1n) is 4.60. The molecule has 1 saturated heterocycles. The number of hydrogen-bond acceptors (Lipinski definition) is 3. The Labute approximate surface area is 87.2 Å². The van der Waals surface area contributed by atoms with Gasteiger partial charge in [-0.3, -0.25) is 14.5 Å². The second kappa shape index (κ2) is 3.52. The molecule has 3 amide bonds. The zero-order valence-electron chi connectivity index (χ0n) is 8.90. The van der Waals surface area contributed by atoms with Crippen molar-refractivity contribution in [3.05, 3.63) is 0 Å². The van der Waals surface area contributed by atoms with Crippen molar-refractivity contribution in [3.8, 4) is 0 Å². The van der Waals surface area contributed by atoms with Crippen molar-refractivity contribution in [3.63, 3.8) is 0 Å². The first kappa shape index (κ1) is 11.5. The van der Waals surface area contributed by atoms with Gasteiger partial charge in [-0.2, -0.15) is 0 Å². The van der Waals surface area contributed by atoms with Crippen LogP contribution < -0.4 is 5.32 Å². The zero-order chi connectivity index (χ0) is 11.8. The maximum Gasteiger partial charge on any atom is 0.325 e. The minimum Gasteiger partial charge on any atom is -0.481 e. The predicted octanol–water partition coefficient (Wildman–Crippen LogP) is 0.180. The average Bonchev–Trinajstić information content (AvgIpc) is 2.23. The summed E-state index contributed by atoms with van der Waals surface area (Å²) in [7, 11) is 0. The number of carbonyl (C=O) groups excluding carboxylic acids is 2. The van der Waals surface area contributed by atoms with Crippen molar-refractivity contribution in [1.82, 2.24) is 10.2 Å². The summed E-state index contributed by atoms with van der Waals surface area (Å²) >= 11 is 0. The lowest BCUT2D eigenvalue weighted by atomic mass is 10.1. The van der Waals surface area contributed by atoms with E-state index in [4.69, 9.17) is 5.11 Å². The molecule has 0 aromatic carbocycles. The van der Waals surface area contributed by atoms with Gasteiger partial charge in [-0.05, 0) is 20.8 Å². The Balaban J connectivity index is 2.84. The molecular weight excluding hydrogens is 200 g/mol.